The zero-order valence-corrected chi connectivity index (χ0v) is 14.7. The zero-order valence-electron chi connectivity index (χ0n) is 14.7. The fraction of sp³-hybridized carbons (Fsp3) is 0.300. The van der Waals surface area contributed by atoms with Gasteiger partial charge in [-0.25, -0.2) is 0 Å². The number of hydrogen-bond donors (Lipinski definition) is 0. The number of fused-ring (bicyclic) bond motifs is 1. The highest BCUT2D eigenvalue weighted by atomic mass is 16.5. The standard InChI is InChI=1S/C20H22N2O3/c1-21(2)19(23)12-17-16-11-15(25-3)9-10-18(16)22(20(17)24)13-14-7-5-4-6-8-14/h4-11,17H,12-13H2,1-3H3. The first-order valence-electron chi connectivity index (χ1n) is 8.24. The Balaban J connectivity index is 1.96. The minimum absolute atomic E-state index is 0.0395. The topological polar surface area (TPSA) is 49.9 Å². The van der Waals surface area contributed by atoms with Crippen LogP contribution in [0.25, 0.3) is 0 Å². The molecule has 5 heteroatoms. The number of nitrogens with zero attached hydrogens (tertiary/aromatic N) is 2. The number of anilines is 1. The van der Waals surface area contributed by atoms with E-state index < -0.39 is 5.92 Å². The van der Waals surface area contributed by atoms with Crippen LogP contribution in [0.2, 0.25) is 0 Å². The molecule has 0 fully saturated rings. The molecule has 0 spiro atoms. The van der Waals surface area contributed by atoms with Gasteiger partial charge in [-0.3, -0.25) is 9.59 Å². The van der Waals surface area contributed by atoms with E-state index in [4.69, 9.17) is 4.74 Å². The van der Waals surface area contributed by atoms with Gasteiger partial charge in [-0.2, -0.15) is 0 Å². The van der Waals surface area contributed by atoms with Crippen molar-refractivity contribution < 1.29 is 14.3 Å². The molecule has 1 aliphatic rings. The third-order valence-corrected chi connectivity index (χ3v) is 4.53. The number of ether oxygens (including phenoxy) is 1. The van der Waals surface area contributed by atoms with Crippen molar-refractivity contribution in [3.8, 4) is 5.75 Å². The molecule has 2 amide bonds. The van der Waals surface area contributed by atoms with Crippen LogP contribution in [0.5, 0.6) is 5.75 Å². The molecule has 25 heavy (non-hydrogen) atoms. The van der Waals surface area contributed by atoms with Crippen molar-refractivity contribution in [3.63, 3.8) is 0 Å². The van der Waals surface area contributed by atoms with Crippen molar-refractivity contribution in [1.29, 1.82) is 0 Å². The van der Waals surface area contributed by atoms with E-state index in [1.165, 1.54) is 4.90 Å². The van der Waals surface area contributed by atoms with E-state index in [1.54, 1.807) is 26.1 Å². The van der Waals surface area contributed by atoms with Crippen LogP contribution in [0.15, 0.2) is 48.5 Å². The first-order chi connectivity index (χ1) is 12.0. The van der Waals surface area contributed by atoms with E-state index in [-0.39, 0.29) is 18.2 Å². The molecule has 0 bridgehead atoms. The summed E-state index contributed by atoms with van der Waals surface area (Å²) in [5.41, 5.74) is 2.76. The van der Waals surface area contributed by atoms with Gasteiger partial charge in [0.25, 0.3) is 0 Å². The van der Waals surface area contributed by atoms with Crippen LogP contribution in [-0.4, -0.2) is 37.9 Å². The van der Waals surface area contributed by atoms with E-state index in [2.05, 4.69) is 0 Å². The van der Waals surface area contributed by atoms with Crippen molar-refractivity contribution in [2.75, 3.05) is 26.1 Å². The minimum atomic E-state index is -0.469. The van der Waals surface area contributed by atoms with Crippen LogP contribution in [0.1, 0.15) is 23.5 Å². The molecule has 5 nitrogen and oxygen atoms in total. The molecule has 1 unspecified atom stereocenters. The predicted molar refractivity (Wildman–Crippen MR) is 96.7 cm³/mol. The average Bonchev–Trinajstić information content (AvgIpc) is 2.87. The molecule has 1 heterocycles. The van der Waals surface area contributed by atoms with Crippen LogP contribution in [-0.2, 0) is 16.1 Å². The summed E-state index contributed by atoms with van der Waals surface area (Å²) in [6.07, 6.45) is 0.164. The average molecular weight is 338 g/mol. The van der Waals surface area contributed by atoms with E-state index in [9.17, 15) is 9.59 Å². The Kier molecular flexibility index (Phi) is 4.74. The van der Waals surface area contributed by atoms with Crippen LogP contribution in [0.4, 0.5) is 5.69 Å². The van der Waals surface area contributed by atoms with Crippen molar-refractivity contribution in [1.82, 2.24) is 4.90 Å². The molecule has 0 saturated carbocycles. The summed E-state index contributed by atoms with van der Waals surface area (Å²) >= 11 is 0. The summed E-state index contributed by atoms with van der Waals surface area (Å²) < 4.78 is 5.30. The van der Waals surface area contributed by atoms with Crippen LogP contribution in [0.3, 0.4) is 0 Å². The molecule has 3 rings (SSSR count). The molecular formula is C20H22N2O3. The van der Waals surface area contributed by atoms with Crippen LogP contribution >= 0.6 is 0 Å². The quantitative estimate of drug-likeness (QED) is 0.842. The van der Waals surface area contributed by atoms with Gasteiger partial charge in [0.2, 0.25) is 11.8 Å². The minimum Gasteiger partial charge on any atom is -0.497 e. The van der Waals surface area contributed by atoms with Gasteiger partial charge in [0.15, 0.2) is 0 Å². The predicted octanol–water partition coefficient (Wildman–Crippen LogP) is 2.80. The first kappa shape index (κ1) is 17.0. The second-order valence-electron chi connectivity index (χ2n) is 6.38. The fourth-order valence-electron chi connectivity index (χ4n) is 3.11. The SMILES string of the molecule is COc1ccc2c(c1)C(CC(=O)N(C)C)C(=O)N2Cc1ccccc1. The smallest absolute Gasteiger partial charge is 0.235 e. The number of rotatable bonds is 5. The van der Waals surface area contributed by atoms with Gasteiger partial charge in [-0.15, -0.1) is 0 Å². The highest BCUT2D eigenvalue weighted by Crippen LogP contribution is 2.42. The molecule has 0 saturated heterocycles. The summed E-state index contributed by atoms with van der Waals surface area (Å²) in [7, 11) is 5.01. The maximum absolute atomic E-state index is 13.0. The number of methoxy groups -OCH3 is 1. The van der Waals surface area contributed by atoms with Crippen LogP contribution < -0.4 is 9.64 Å². The van der Waals surface area contributed by atoms with Crippen molar-refractivity contribution >= 4 is 17.5 Å². The molecule has 0 N–H and O–H groups in total. The number of carbonyl (C=O) groups excluding carboxylic acids is 2. The highest BCUT2D eigenvalue weighted by molar-refractivity contribution is 6.06. The lowest BCUT2D eigenvalue weighted by Crippen LogP contribution is -2.31. The Bertz CT molecular complexity index is 787. The van der Waals surface area contributed by atoms with Gasteiger partial charge in [0.05, 0.1) is 19.6 Å². The van der Waals surface area contributed by atoms with Gasteiger partial charge in [-0.1, -0.05) is 30.3 Å². The lowest BCUT2D eigenvalue weighted by molar-refractivity contribution is -0.131. The highest BCUT2D eigenvalue weighted by Gasteiger charge is 2.38. The number of benzene rings is 2. The molecule has 1 atom stereocenters. The van der Waals surface area contributed by atoms with E-state index in [0.29, 0.717) is 12.3 Å². The van der Waals surface area contributed by atoms with Gasteiger partial charge in [0.1, 0.15) is 5.75 Å². The molecule has 1 aliphatic heterocycles. The Morgan fingerprint density at radius 2 is 1.88 bits per heavy atom. The van der Waals surface area contributed by atoms with E-state index in [0.717, 1.165) is 16.8 Å². The molecule has 2 aromatic carbocycles. The number of hydrogen-bond acceptors (Lipinski definition) is 3. The second-order valence-corrected chi connectivity index (χ2v) is 6.38. The normalized spacial score (nSPS) is 15.9. The summed E-state index contributed by atoms with van der Waals surface area (Å²) in [4.78, 5) is 28.5. The second kappa shape index (κ2) is 6.97. The van der Waals surface area contributed by atoms with Gasteiger partial charge < -0.3 is 14.5 Å². The third kappa shape index (κ3) is 3.36. The van der Waals surface area contributed by atoms with Gasteiger partial charge in [0, 0.05) is 26.2 Å². The lowest BCUT2D eigenvalue weighted by atomic mass is 9.96. The zero-order chi connectivity index (χ0) is 18.0. The lowest BCUT2D eigenvalue weighted by Gasteiger charge is -2.18. The summed E-state index contributed by atoms with van der Waals surface area (Å²) in [6, 6.07) is 15.5. The molecular weight excluding hydrogens is 316 g/mol. The van der Waals surface area contributed by atoms with Gasteiger partial charge >= 0.3 is 0 Å². The Labute approximate surface area is 147 Å². The largest absolute Gasteiger partial charge is 0.497 e. The molecule has 0 radical (unpaired) electrons. The van der Waals surface area contributed by atoms with Gasteiger partial charge in [-0.05, 0) is 29.3 Å². The summed E-state index contributed by atoms with van der Waals surface area (Å²) in [6.45, 7) is 0.492. The molecule has 130 valence electrons. The molecule has 0 aromatic heterocycles. The number of amides is 2. The summed E-state index contributed by atoms with van der Waals surface area (Å²) in [5.74, 6) is 0.120. The first-order valence-corrected chi connectivity index (χ1v) is 8.24. The van der Waals surface area contributed by atoms with Crippen molar-refractivity contribution in [2.24, 2.45) is 0 Å². The van der Waals surface area contributed by atoms with Crippen molar-refractivity contribution in [3.05, 3.63) is 59.7 Å². The fourth-order valence-corrected chi connectivity index (χ4v) is 3.11. The Morgan fingerprint density at radius 1 is 1.16 bits per heavy atom. The number of carbonyl (C=O) groups is 2. The monoisotopic (exact) mass is 338 g/mol. The maximum atomic E-state index is 13.0. The van der Waals surface area contributed by atoms with E-state index >= 15 is 0 Å². The summed E-state index contributed by atoms with van der Waals surface area (Å²) in [5, 5.41) is 0. The van der Waals surface area contributed by atoms with Crippen LogP contribution in [0, 0.1) is 0 Å². The Hall–Kier alpha value is -2.82. The molecule has 0 aliphatic carbocycles. The molecule has 2 aromatic rings. The maximum Gasteiger partial charge on any atom is 0.235 e. The van der Waals surface area contributed by atoms with E-state index in [1.807, 2.05) is 48.5 Å². The third-order valence-electron chi connectivity index (χ3n) is 4.53. The Morgan fingerprint density at radius 3 is 2.52 bits per heavy atom. The van der Waals surface area contributed by atoms with Crippen molar-refractivity contribution in [2.45, 2.75) is 18.9 Å².